The van der Waals surface area contributed by atoms with Crippen LogP contribution in [-0.2, 0) is 16.2 Å². The van der Waals surface area contributed by atoms with Gasteiger partial charge in [0.05, 0.1) is 24.5 Å². The van der Waals surface area contributed by atoms with Gasteiger partial charge in [0.25, 0.3) is 0 Å². The second-order valence-corrected chi connectivity index (χ2v) is 5.00. The highest BCUT2D eigenvalue weighted by molar-refractivity contribution is 5.85. The molecule has 0 spiro atoms. The molecule has 0 amide bonds. The molecule has 7 heteroatoms. The van der Waals surface area contributed by atoms with Crippen molar-refractivity contribution >= 4 is 24.6 Å². The average molecular weight is 324 g/mol. The Labute approximate surface area is 134 Å². The fourth-order valence-electron chi connectivity index (χ4n) is 2.43. The van der Waals surface area contributed by atoms with Crippen molar-refractivity contribution in [1.82, 2.24) is 10.4 Å². The summed E-state index contributed by atoms with van der Waals surface area (Å²) >= 11 is 0. The SMILES string of the molecule is Cl.O=C(O)C1CC2=C(CN1)N(OCc1ccccc1)CC=N2. The summed E-state index contributed by atoms with van der Waals surface area (Å²) in [7, 11) is 0. The molecular formula is C15H18ClN3O3. The fourth-order valence-corrected chi connectivity index (χ4v) is 2.43. The number of hydroxylamine groups is 2. The van der Waals surface area contributed by atoms with Gasteiger partial charge in [0.2, 0.25) is 0 Å². The van der Waals surface area contributed by atoms with Gasteiger partial charge in [0.15, 0.2) is 0 Å². The normalized spacial score (nSPS) is 20.4. The molecule has 0 aliphatic carbocycles. The van der Waals surface area contributed by atoms with Crippen molar-refractivity contribution in [3.05, 3.63) is 47.3 Å². The molecule has 0 saturated heterocycles. The second-order valence-electron chi connectivity index (χ2n) is 5.00. The molecule has 2 heterocycles. The number of carboxylic acids is 1. The van der Waals surface area contributed by atoms with Crippen LogP contribution in [0.15, 0.2) is 46.7 Å². The van der Waals surface area contributed by atoms with E-state index in [1.165, 1.54) is 0 Å². The van der Waals surface area contributed by atoms with Crippen LogP contribution in [0.4, 0.5) is 0 Å². The summed E-state index contributed by atoms with van der Waals surface area (Å²) < 4.78 is 0. The molecule has 3 rings (SSSR count). The zero-order valence-electron chi connectivity index (χ0n) is 11.9. The van der Waals surface area contributed by atoms with Gasteiger partial charge < -0.3 is 5.11 Å². The van der Waals surface area contributed by atoms with E-state index in [9.17, 15) is 4.79 Å². The number of aliphatic carboxylic acids is 1. The highest BCUT2D eigenvalue weighted by Crippen LogP contribution is 2.24. The maximum absolute atomic E-state index is 11.0. The fraction of sp³-hybridized carbons (Fsp3) is 0.333. The van der Waals surface area contributed by atoms with Gasteiger partial charge in [0.1, 0.15) is 6.04 Å². The highest BCUT2D eigenvalue weighted by atomic mass is 35.5. The quantitative estimate of drug-likeness (QED) is 0.880. The number of nitrogens with one attached hydrogen (secondary N) is 1. The molecule has 1 atom stereocenters. The molecule has 0 bridgehead atoms. The monoisotopic (exact) mass is 323 g/mol. The first-order valence-electron chi connectivity index (χ1n) is 6.89. The molecule has 0 radical (unpaired) electrons. The standard InChI is InChI=1S/C15H17N3O3.ClH/c19-15(20)13-8-12-14(9-17-13)18(7-6-16-12)21-10-11-4-2-1-3-5-11;/h1-6,13,17H,7-10H2,(H,19,20);1H. The maximum Gasteiger partial charge on any atom is 0.321 e. The lowest BCUT2D eigenvalue weighted by molar-refractivity contribution is -0.142. The zero-order valence-corrected chi connectivity index (χ0v) is 12.8. The summed E-state index contributed by atoms with van der Waals surface area (Å²) in [4.78, 5) is 21.2. The lowest BCUT2D eigenvalue weighted by atomic mass is 10.0. The summed E-state index contributed by atoms with van der Waals surface area (Å²) in [6.07, 6.45) is 2.14. The van der Waals surface area contributed by atoms with Gasteiger partial charge in [-0.05, 0) is 5.56 Å². The first kappa shape index (κ1) is 16.5. The summed E-state index contributed by atoms with van der Waals surface area (Å²) in [6.45, 7) is 1.51. The minimum absolute atomic E-state index is 0. The van der Waals surface area contributed by atoms with Crippen molar-refractivity contribution < 1.29 is 14.7 Å². The maximum atomic E-state index is 11.0. The van der Waals surface area contributed by atoms with Crippen LogP contribution in [0.5, 0.6) is 0 Å². The lowest BCUT2D eigenvalue weighted by Crippen LogP contribution is -2.46. The molecule has 2 N–H and O–H groups in total. The molecule has 22 heavy (non-hydrogen) atoms. The molecule has 0 fully saturated rings. The molecule has 2 aliphatic rings. The van der Waals surface area contributed by atoms with Gasteiger partial charge >= 0.3 is 5.97 Å². The minimum atomic E-state index is -0.848. The second kappa shape index (κ2) is 7.40. The van der Waals surface area contributed by atoms with E-state index in [0.29, 0.717) is 26.1 Å². The predicted octanol–water partition coefficient (Wildman–Crippen LogP) is 1.58. The van der Waals surface area contributed by atoms with Crippen molar-refractivity contribution in [3.63, 3.8) is 0 Å². The summed E-state index contributed by atoms with van der Waals surface area (Å²) in [6, 6.07) is 9.35. The Balaban J connectivity index is 0.00000176. The number of rotatable bonds is 4. The van der Waals surface area contributed by atoms with Crippen LogP contribution in [0.2, 0.25) is 0 Å². The molecule has 0 aromatic heterocycles. The average Bonchev–Trinajstić information content (AvgIpc) is 2.53. The van der Waals surface area contributed by atoms with Crippen molar-refractivity contribution in [1.29, 1.82) is 0 Å². The molecule has 118 valence electrons. The van der Waals surface area contributed by atoms with Gasteiger partial charge in [-0.2, -0.15) is 0 Å². The number of aliphatic imine (C=N–C) groups is 1. The Hall–Kier alpha value is -1.89. The van der Waals surface area contributed by atoms with E-state index in [2.05, 4.69) is 10.3 Å². The minimum Gasteiger partial charge on any atom is -0.480 e. The van der Waals surface area contributed by atoms with E-state index >= 15 is 0 Å². The molecular weight excluding hydrogens is 306 g/mol. The first-order chi connectivity index (χ1) is 10.2. The van der Waals surface area contributed by atoms with Crippen LogP contribution in [-0.4, -0.2) is 41.5 Å². The molecule has 6 nitrogen and oxygen atoms in total. The number of carboxylic acid groups (broad SMARTS) is 1. The molecule has 1 aromatic carbocycles. The molecule has 1 unspecified atom stereocenters. The topological polar surface area (TPSA) is 74.2 Å². The molecule has 2 aliphatic heterocycles. The van der Waals surface area contributed by atoms with E-state index in [1.807, 2.05) is 30.3 Å². The van der Waals surface area contributed by atoms with E-state index in [4.69, 9.17) is 9.94 Å². The third kappa shape index (κ3) is 3.65. The zero-order chi connectivity index (χ0) is 14.7. The van der Waals surface area contributed by atoms with Crippen LogP contribution >= 0.6 is 12.4 Å². The van der Waals surface area contributed by atoms with Crippen molar-refractivity contribution in [2.45, 2.75) is 19.1 Å². The van der Waals surface area contributed by atoms with Crippen LogP contribution in [0.25, 0.3) is 0 Å². The molecule has 1 aromatic rings. The number of nitrogens with zero attached hydrogens (tertiary/aromatic N) is 2. The van der Waals surface area contributed by atoms with Crippen molar-refractivity contribution in [3.8, 4) is 0 Å². The highest BCUT2D eigenvalue weighted by Gasteiger charge is 2.29. The smallest absolute Gasteiger partial charge is 0.321 e. The Morgan fingerprint density at radius 1 is 1.41 bits per heavy atom. The predicted molar refractivity (Wildman–Crippen MR) is 84.7 cm³/mol. The first-order valence-corrected chi connectivity index (χ1v) is 6.89. The van der Waals surface area contributed by atoms with E-state index in [0.717, 1.165) is 17.0 Å². The van der Waals surface area contributed by atoms with Gasteiger partial charge in [-0.25, -0.2) is 5.06 Å². The van der Waals surface area contributed by atoms with Crippen LogP contribution in [0.3, 0.4) is 0 Å². The van der Waals surface area contributed by atoms with Gasteiger partial charge in [0, 0.05) is 19.2 Å². The van der Waals surface area contributed by atoms with Gasteiger partial charge in [-0.1, -0.05) is 30.3 Å². The number of benzene rings is 1. The third-order valence-electron chi connectivity index (χ3n) is 3.57. The third-order valence-corrected chi connectivity index (χ3v) is 3.57. The molecule has 0 saturated carbocycles. The number of carbonyl (C=O) groups is 1. The Kier molecular flexibility index (Phi) is 5.54. The van der Waals surface area contributed by atoms with Crippen LogP contribution in [0.1, 0.15) is 12.0 Å². The summed E-state index contributed by atoms with van der Waals surface area (Å²) in [5, 5.41) is 13.8. The van der Waals surface area contributed by atoms with E-state index in [-0.39, 0.29) is 12.4 Å². The van der Waals surface area contributed by atoms with Gasteiger partial charge in [-0.15, -0.1) is 12.4 Å². The summed E-state index contributed by atoms with van der Waals surface area (Å²) in [5.41, 5.74) is 2.81. The summed E-state index contributed by atoms with van der Waals surface area (Å²) in [5.74, 6) is -0.848. The number of halogens is 1. The van der Waals surface area contributed by atoms with E-state index in [1.54, 1.807) is 11.3 Å². The Morgan fingerprint density at radius 3 is 2.91 bits per heavy atom. The largest absolute Gasteiger partial charge is 0.480 e. The number of hydrogen-bond donors (Lipinski definition) is 2. The lowest BCUT2D eigenvalue weighted by Gasteiger charge is -2.33. The van der Waals surface area contributed by atoms with Crippen LogP contribution < -0.4 is 5.32 Å². The Morgan fingerprint density at radius 2 is 2.18 bits per heavy atom. The van der Waals surface area contributed by atoms with Crippen LogP contribution in [0, 0.1) is 0 Å². The van der Waals surface area contributed by atoms with E-state index < -0.39 is 12.0 Å². The Bertz CT molecular complexity index is 589. The van der Waals surface area contributed by atoms with Crippen molar-refractivity contribution in [2.75, 3.05) is 13.1 Å². The van der Waals surface area contributed by atoms with Gasteiger partial charge in [-0.3, -0.25) is 19.9 Å². The van der Waals surface area contributed by atoms with Crippen molar-refractivity contribution in [2.24, 2.45) is 4.99 Å². The number of hydrogen-bond acceptors (Lipinski definition) is 5.